The highest BCUT2D eigenvalue weighted by Gasteiger charge is 2.29. The van der Waals surface area contributed by atoms with E-state index in [2.05, 4.69) is 22.0 Å². The summed E-state index contributed by atoms with van der Waals surface area (Å²) in [6.07, 6.45) is 7.35. The maximum atomic E-state index is 9.60. The van der Waals surface area contributed by atoms with Crippen LogP contribution in [0, 0.1) is 0 Å². The second kappa shape index (κ2) is 7.74. The van der Waals surface area contributed by atoms with Gasteiger partial charge in [-0.05, 0) is 71.8 Å². The summed E-state index contributed by atoms with van der Waals surface area (Å²) >= 11 is 0. The zero-order valence-electron chi connectivity index (χ0n) is 13.4. The van der Waals surface area contributed by atoms with Crippen LogP contribution in [0.4, 0.5) is 0 Å². The molecule has 2 rings (SSSR count). The van der Waals surface area contributed by atoms with Crippen molar-refractivity contribution in [2.75, 3.05) is 46.4 Å². The fraction of sp³-hybridized carbons (Fsp3) is 1.00. The van der Waals surface area contributed by atoms with Gasteiger partial charge in [-0.15, -0.1) is 0 Å². The molecule has 20 heavy (non-hydrogen) atoms. The summed E-state index contributed by atoms with van der Waals surface area (Å²) in [4.78, 5) is 5.35. The summed E-state index contributed by atoms with van der Waals surface area (Å²) in [6.45, 7) is 8.73. The fourth-order valence-corrected chi connectivity index (χ4v) is 3.88. The minimum Gasteiger partial charge on any atom is -0.394 e. The molecule has 0 amide bonds. The van der Waals surface area contributed by atoms with Gasteiger partial charge < -0.3 is 15.3 Å². The number of aliphatic hydroxyl groups is 1. The molecule has 0 radical (unpaired) electrons. The summed E-state index contributed by atoms with van der Waals surface area (Å²) in [5.74, 6) is 0. The molecule has 118 valence electrons. The van der Waals surface area contributed by atoms with Gasteiger partial charge in [-0.2, -0.15) is 0 Å². The third kappa shape index (κ3) is 3.94. The van der Waals surface area contributed by atoms with Crippen LogP contribution in [0.5, 0.6) is 0 Å². The van der Waals surface area contributed by atoms with Gasteiger partial charge in [-0.3, -0.25) is 4.90 Å². The van der Waals surface area contributed by atoms with Gasteiger partial charge in [-0.25, -0.2) is 0 Å². The lowest BCUT2D eigenvalue weighted by atomic mass is 9.91. The van der Waals surface area contributed by atoms with Gasteiger partial charge in [0.15, 0.2) is 0 Å². The average molecular weight is 283 g/mol. The average Bonchev–Trinajstić information content (AvgIpc) is 2.83. The van der Waals surface area contributed by atoms with E-state index < -0.39 is 0 Å². The van der Waals surface area contributed by atoms with Gasteiger partial charge in [0.05, 0.1) is 6.61 Å². The Kier molecular flexibility index (Phi) is 6.27. The summed E-state index contributed by atoms with van der Waals surface area (Å²) in [5.41, 5.74) is -0.0642. The topological polar surface area (TPSA) is 38.7 Å². The van der Waals surface area contributed by atoms with E-state index in [4.69, 9.17) is 0 Å². The molecule has 2 heterocycles. The van der Waals surface area contributed by atoms with Crippen LogP contribution >= 0.6 is 0 Å². The Bertz CT molecular complexity index is 273. The quantitative estimate of drug-likeness (QED) is 0.739. The van der Waals surface area contributed by atoms with Crippen molar-refractivity contribution in [1.82, 2.24) is 15.1 Å². The lowest BCUT2D eigenvalue weighted by molar-refractivity contribution is 0.144. The van der Waals surface area contributed by atoms with Gasteiger partial charge in [0.25, 0.3) is 0 Å². The maximum absolute atomic E-state index is 9.60. The van der Waals surface area contributed by atoms with E-state index in [-0.39, 0.29) is 12.1 Å². The first kappa shape index (κ1) is 16.2. The van der Waals surface area contributed by atoms with E-state index in [0.29, 0.717) is 0 Å². The molecular weight excluding hydrogens is 250 g/mol. The van der Waals surface area contributed by atoms with Crippen LogP contribution < -0.4 is 5.32 Å². The first-order valence-electron chi connectivity index (χ1n) is 8.49. The van der Waals surface area contributed by atoms with E-state index in [9.17, 15) is 5.11 Å². The smallest absolute Gasteiger partial charge is 0.0613 e. The van der Waals surface area contributed by atoms with E-state index >= 15 is 0 Å². The molecule has 0 aliphatic carbocycles. The number of aliphatic hydroxyl groups excluding tert-OH is 1. The van der Waals surface area contributed by atoms with Crippen molar-refractivity contribution in [2.24, 2.45) is 0 Å². The van der Waals surface area contributed by atoms with Crippen molar-refractivity contribution in [3.63, 3.8) is 0 Å². The molecule has 0 aromatic rings. The first-order chi connectivity index (χ1) is 9.73. The molecule has 2 aliphatic rings. The zero-order valence-corrected chi connectivity index (χ0v) is 13.4. The Labute approximate surface area is 124 Å². The molecule has 4 heteroatoms. The Morgan fingerprint density at radius 3 is 2.75 bits per heavy atom. The van der Waals surface area contributed by atoms with Crippen LogP contribution in [0.2, 0.25) is 0 Å². The molecule has 0 spiro atoms. The monoisotopic (exact) mass is 283 g/mol. The molecule has 2 saturated heterocycles. The maximum Gasteiger partial charge on any atom is 0.0613 e. The predicted molar refractivity (Wildman–Crippen MR) is 84.1 cm³/mol. The lowest BCUT2D eigenvalue weighted by Gasteiger charge is -2.32. The second-order valence-electron chi connectivity index (χ2n) is 6.63. The first-order valence-corrected chi connectivity index (χ1v) is 8.49. The van der Waals surface area contributed by atoms with E-state index in [1.165, 1.54) is 58.4 Å². The predicted octanol–water partition coefficient (Wildman–Crippen LogP) is 1.30. The molecular formula is C16H33N3O. The number of nitrogens with one attached hydrogen (secondary N) is 1. The SMILES string of the molecule is CCC(CO)(CCCN1CCCN2CCCC2C1)NC. The Morgan fingerprint density at radius 1 is 1.25 bits per heavy atom. The highest BCUT2D eigenvalue weighted by Crippen LogP contribution is 2.22. The number of nitrogens with zero attached hydrogens (tertiary/aromatic N) is 2. The molecule has 2 atom stereocenters. The van der Waals surface area contributed by atoms with E-state index in [1.807, 2.05) is 7.05 Å². The molecule has 4 nitrogen and oxygen atoms in total. The van der Waals surface area contributed by atoms with Crippen molar-refractivity contribution in [3.8, 4) is 0 Å². The van der Waals surface area contributed by atoms with Crippen molar-refractivity contribution in [3.05, 3.63) is 0 Å². The largest absolute Gasteiger partial charge is 0.394 e. The van der Waals surface area contributed by atoms with Gasteiger partial charge in [0, 0.05) is 18.1 Å². The van der Waals surface area contributed by atoms with Gasteiger partial charge in [0.2, 0.25) is 0 Å². The number of fused-ring (bicyclic) bond motifs is 1. The number of likely N-dealkylation sites (N-methyl/N-ethyl adjacent to an activating group) is 1. The van der Waals surface area contributed by atoms with Gasteiger partial charge >= 0.3 is 0 Å². The highest BCUT2D eigenvalue weighted by atomic mass is 16.3. The standard InChI is InChI=1S/C16H33N3O/c1-3-16(14-20,17-2)8-5-9-18-10-6-12-19-11-4-7-15(19)13-18/h15,17,20H,3-14H2,1-2H3. The molecule has 2 aliphatic heterocycles. The Hall–Kier alpha value is -0.160. The molecule has 0 bridgehead atoms. The third-order valence-electron chi connectivity index (χ3n) is 5.53. The lowest BCUT2D eigenvalue weighted by Crippen LogP contribution is -2.46. The summed E-state index contributed by atoms with van der Waals surface area (Å²) in [6, 6.07) is 0.815. The van der Waals surface area contributed by atoms with Crippen LogP contribution in [0.15, 0.2) is 0 Å². The van der Waals surface area contributed by atoms with Crippen molar-refractivity contribution >= 4 is 0 Å². The molecule has 0 aromatic heterocycles. The fourth-order valence-electron chi connectivity index (χ4n) is 3.88. The van der Waals surface area contributed by atoms with Crippen molar-refractivity contribution in [2.45, 2.75) is 57.0 Å². The molecule has 2 fully saturated rings. The summed E-state index contributed by atoms with van der Waals surface area (Å²) in [7, 11) is 1.97. The minimum absolute atomic E-state index is 0.0642. The molecule has 2 unspecified atom stereocenters. The highest BCUT2D eigenvalue weighted by molar-refractivity contribution is 4.87. The number of hydrogen-bond donors (Lipinski definition) is 2. The summed E-state index contributed by atoms with van der Waals surface area (Å²) in [5, 5.41) is 12.9. The summed E-state index contributed by atoms with van der Waals surface area (Å²) < 4.78 is 0. The van der Waals surface area contributed by atoms with E-state index in [1.54, 1.807) is 0 Å². The van der Waals surface area contributed by atoms with Crippen LogP contribution in [0.1, 0.15) is 45.4 Å². The molecule has 2 N–H and O–H groups in total. The van der Waals surface area contributed by atoms with Crippen LogP contribution in [-0.4, -0.2) is 72.9 Å². The number of rotatable bonds is 7. The minimum atomic E-state index is -0.0642. The van der Waals surface area contributed by atoms with Crippen molar-refractivity contribution in [1.29, 1.82) is 0 Å². The van der Waals surface area contributed by atoms with E-state index in [0.717, 1.165) is 18.9 Å². The normalized spacial score (nSPS) is 28.1. The van der Waals surface area contributed by atoms with Gasteiger partial charge in [0.1, 0.15) is 0 Å². The second-order valence-corrected chi connectivity index (χ2v) is 6.63. The molecule has 0 saturated carbocycles. The van der Waals surface area contributed by atoms with Crippen LogP contribution in [-0.2, 0) is 0 Å². The third-order valence-corrected chi connectivity index (χ3v) is 5.53. The van der Waals surface area contributed by atoms with Crippen LogP contribution in [0.25, 0.3) is 0 Å². The Morgan fingerprint density at radius 2 is 2.05 bits per heavy atom. The number of hydrogen-bond acceptors (Lipinski definition) is 4. The van der Waals surface area contributed by atoms with Crippen LogP contribution in [0.3, 0.4) is 0 Å². The zero-order chi connectivity index (χ0) is 14.4. The van der Waals surface area contributed by atoms with Gasteiger partial charge in [-0.1, -0.05) is 6.92 Å². The Balaban J connectivity index is 1.75. The van der Waals surface area contributed by atoms with Crippen molar-refractivity contribution < 1.29 is 5.11 Å². The molecule has 0 aromatic carbocycles.